The molecule has 0 radical (unpaired) electrons. The molecule has 1 saturated heterocycles. The van der Waals surface area contributed by atoms with Crippen molar-refractivity contribution in [1.29, 1.82) is 0 Å². The molecule has 6 heteroatoms. The molecule has 3 nitrogen and oxygen atoms in total. The third-order valence-electron chi connectivity index (χ3n) is 4.81. The summed E-state index contributed by atoms with van der Waals surface area (Å²) in [6, 6.07) is 0.0679. The molecule has 0 spiro atoms. The summed E-state index contributed by atoms with van der Waals surface area (Å²) in [6.07, 6.45) is 1.06. The molecule has 1 amide bonds. The number of hydrogen-bond acceptors (Lipinski definition) is 2. The Labute approximate surface area is 117 Å². The maximum atomic E-state index is 12.4. The Morgan fingerprint density at radius 2 is 1.75 bits per heavy atom. The Kier molecular flexibility index (Phi) is 3.47. The highest BCUT2D eigenvalue weighted by molar-refractivity contribution is 5.84. The van der Waals surface area contributed by atoms with E-state index in [1.807, 2.05) is 7.05 Å². The van der Waals surface area contributed by atoms with E-state index in [1.54, 1.807) is 0 Å². The molecule has 20 heavy (non-hydrogen) atoms. The van der Waals surface area contributed by atoms with Gasteiger partial charge in [0.2, 0.25) is 5.91 Å². The second-order valence-corrected chi connectivity index (χ2v) is 6.51. The summed E-state index contributed by atoms with van der Waals surface area (Å²) < 4.78 is 37.3. The van der Waals surface area contributed by atoms with Crippen molar-refractivity contribution in [3.05, 3.63) is 0 Å². The lowest BCUT2D eigenvalue weighted by atomic mass is 10.0. The fourth-order valence-corrected chi connectivity index (χ4v) is 3.61. The lowest BCUT2D eigenvalue weighted by Gasteiger charge is -2.32. The maximum absolute atomic E-state index is 12.4. The Morgan fingerprint density at radius 1 is 1.20 bits per heavy atom. The van der Waals surface area contributed by atoms with Crippen molar-refractivity contribution < 1.29 is 18.0 Å². The first-order chi connectivity index (χ1) is 9.37. The van der Waals surface area contributed by atoms with Gasteiger partial charge in [-0.2, -0.15) is 13.2 Å². The van der Waals surface area contributed by atoms with Crippen LogP contribution >= 0.6 is 0 Å². The lowest BCUT2D eigenvalue weighted by molar-refractivity contribution is -0.159. The van der Waals surface area contributed by atoms with Crippen LogP contribution in [0.4, 0.5) is 13.2 Å². The molecule has 2 saturated carbocycles. The molecule has 0 aromatic carbocycles. The first-order valence-electron chi connectivity index (χ1n) is 7.44. The van der Waals surface area contributed by atoms with Gasteiger partial charge in [0.05, 0.1) is 6.04 Å². The van der Waals surface area contributed by atoms with Crippen LogP contribution < -0.4 is 0 Å². The van der Waals surface area contributed by atoms with Gasteiger partial charge in [0, 0.05) is 12.6 Å². The molecule has 0 N–H and O–H groups in total. The van der Waals surface area contributed by atoms with Gasteiger partial charge in [-0.1, -0.05) is 0 Å². The number of rotatable bonds is 5. The van der Waals surface area contributed by atoms with Crippen LogP contribution in [0.5, 0.6) is 0 Å². The normalized spacial score (nSPS) is 28.0. The topological polar surface area (TPSA) is 23.6 Å². The number of hydrogen-bond donors (Lipinski definition) is 0. The monoisotopic (exact) mass is 290 g/mol. The SMILES string of the molecule is CN(C(C1CC1)C1CC1)[C@@H]1CCN(CC(F)(F)F)C1=O. The van der Waals surface area contributed by atoms with Crippen LogP contribution in [0.1, 0.15) is 32.1 Å². The molecule has 1 heterocycles. The number of likely N-dealkylation sites (N-methyl/N-ethyl adjacent to an activating group) is 1. The zero-order valence-electron chi connectivity index (χ0n) is 11.7. The molecule has 0 unspecified atom stereocenters. The highest BCUT2D eigenvalue weighted by atomic mass is 19.4. The van der Waals surface area contributed by atoms with E-state index in [0.29, 0.717) is 24.3 Å². The molecule has 3 rings (SSSR count). The van der Waals surface area contributed by atoms with Gasteiger partial charge in [-0.15, -0.1) is 0 Å². The number of halogens is 3. The fraction of sp³-hybridized carbons (Fsp3) is 0.929. The standard InChI is InChI=1S/C14H21F3N2O/c1-18(12(9-2-3-9)10-4-5-10)11-6-7-19(13(11)20)8-14(15,16)17/h9-12H,2-8H2,1H3/t11-/m1/s1. The highest BCUT2D eigenvalue weighted by Gasteiger charge is 2.48. The van der Waals surface area contributed by atoms with E-state index < -0.39 is 12.7 Å². The van der Waals surface area contributed by atoms with Crippen LogP contribution in [0.25, 0.3) is 0 Å². The summed E-state index contributed by atoms with van der Waals surface area (Å²) in [6.45, 7) is -0.872. The van der Waals surface area contributed by atoms with Gasteiger partial charge in [0.1, 0.15) is 6.54 Å². The second kappa shape index (κ2) is 4.90. The van der Waals surface area contributed by atoms with Gasteiger partial charge in [-0.05, 0) is 51.0 Å². The number of amides is 1. The van der Waals surface area contributed by atoms with Crippen molar-refractivity contribution >= 4 is 5.91 Å². The van der Waals surface area contributed by atoms with E-state index in [4.69, 9.17) is 0 Å². The Bertz CT molecular complexity index is 378. The van der Waals surface area contributed by atoms with Crippen molar-refractivity contribution in [2.45, 2.75) is 50.4 Å². The average Bonchev–Trinajstić information content (AvgIpc) is 3.21. The zero-order valence-corrected chi connectivity index (χ0v) is 11.7. The van der Waals surface area contributed by atoms with Crippen LogP contribution in [0.2, 0.25) is 0 Å². The van der Waals surface area contributed by atoms with E-state index in [0.717, 1.165) is 4.90 Å². The fourth-order valence-electron chi connectivity index (χ4n) is 3.61. The van der Waals surface area contributed by atoms with Gasteiger partial charge < -0.3 is 4.90 Å². The molecular weight excluding hydrogens is 269 g/mol. The summed E-state index contributed by atoms with van der Waals surface area (Å²) in [4.78, 5) is 15.3. The molecule has 1 aliphatic heterocycles. The minimum Gasteiger partial charge on any atom is -0.332 e. The van der Waals surface area contributed by atoms with Crippen molar-refractivity contribution in [2.24, 2.45) is 11.8 Å². The summed E-state index contributed by atoms with van der Waals surface area (Å²) in [7, 11) is 1.93. The largest absolute Gasteiger partial charge is 0.406 e. The van der Waals surface area contributed by atoms with Gasteiger partial charge >= 0.3 is 6.18 Å². The number of nitrogens with zero attached hydrogens (tertiary/aromatic N) is 2. The van der Waals surface area contributed by atoms with Crippen molar-refractivity contribution in [3.63, 3.8) is 0 Å². The van der Waals surface area contributed by atoms with Crippen molar-refractivity contribution in [2.75, 3.05) is 20.1 Å². The van der Waals surface area contributed by atoms with Crippen molar-refractivity contribution in [3.8, 4) is 0 Å². The van der Waals surface area contributed by atoms with E-state index in [2.05, 4.69) is 4.90 Å². The zero-order chi connectivity index (χ0) is 14.5. The molecule has 3 aliphatic rings. The van der Waals surface area contributed by atoms with Crippen LogP contribution in [-0.2, 0) is 4.79 Å². The van der Waals surface area contributed by atoms with E-state index >= 15 is 0 Å². The lowest BCUT2D eigenvalue weighted by Crippen LogP contribution is -2.48. The molecule has 3 fully saturated rings. The third kappa shape index (κ3) is 2.95. The number of alkyl halides is 3. The minimum absolute atomic E-state index is 0.232. The van der Waals surface area contributed by atoms with E-state index in [9.17, 15) is 18.0 Å². The molecule has 114 valence electrons. The Hall–Kier alpha value is -0.780. The Morgan fingerprint density at radius 3 is 2.20 bits per heavy atom. The predicted octanol–water partition coefficient (Wildman–Crippen LogP) is 2.27. The quantitative estimate of drug-likeness (QED) is 0.775. The average molecular weight is 290 g/mol. The summed E-state index contributed by atoms with van der Waals surface area (Å²) in [5, 5.41) is 0. The molecule has 2 aliphatic carbocycles. The van der Waals surface area contributed by atoms with Crippen LogP contribution in [0, 0.1) is 11.8 Å². The predicted molar refractivity (Wildman–Crippen MR) is 68.0 cm³/mol. The smallest absolute Gasteiger partial charge is 0.332 e. The molecule has 0 aromatic heterocycles. The summed E-state index contributed by atoms with van der Waals surface area (Å²) in [5.74, 6) is 0.991. The first-order valence-corrected chi connectivity index (χ1v) is 7.44. The van der Waals surface area contributed by atoms with Crippen LogP contribution in [0.15, 0.2) is 0 Å². The molecule has 0 bridgehead atoms. The van der Waals surface area contributed by atoms with Crippen LogP contribution in [-0.4, -0.2) is 54.1 Å². The van der Waals surface area contributed by atoms with E-state index in [-0.39, 0.29) is 18.5 Å². The Balaban J connectivity index is 1.63. The number of carbonyl (C=O) groups is 1. The molecule has 1 atom stereocenters. The summed E-state index contributed by atoms with van der Waals surface area (Å²) >= 11 is 0. The van der Waals surface area contributed by atoms with Gasteiger partial charge in [-0.3, -0.25) is 9.69 Å². The van der Waals surface area contributed by atoms with Gasteiger partial charge in [0.15, 0.2) is 0 Å². The third-order valence-corrected chi connectivity index (χ3v) is 4.81. The second-order valence-electron chi connectivity index (χ2n) is 6.51. The molecular formula is C14H21F3N2O. The molecule has 0 aromatic rings. The number of likely N-dealkylation sites (tertiary alicyclic amines) is 1. The maximum Gasteiger partial charge on any atom is 0.406 e. The van der Waals surface area contributed by atoms with Crippen molar-refractivity contribution in [1.82, 2.24) is 9.80 Å². The summed E-state index contributed by atoms with van der Waals surface area (Å²) in [5.41, 5.74) is 0. The minimum atomic E-state index is -4.30. The van der Waals surface area contributed by atoms with E-state index in [1.165, 1.54) is 25.7 Å². The highest BCUT2D eigenvalue weighted by Crippen LogP contribution is 2.47. The van der Waals surface area contributed by atoms with Gasteiger partial charge in [-0.25, -0.2) is 0 Å². The van der Waals surface area contributed by atoms with Gasteiger partial charge in [0.25, 0.3) is 0 Å². The first kappa shape index (κ1) is 14.2. The number of carbonyl (C=O) groups excluding carboxylic acids is 1. The van der Waals surface area contributed by atoms with Crippen LogP contribution in [0.3, 0.4) is 0 Å².